The monoisotopic (exact) mass is 306 g/mol. The minimum Gasteiger partial charge on any atom is -0.374 e. The fourth-order valence-corrected chi connectivity index (χ4v) is 3.48. The number of aryl methyl sites for hydroxylation is 1. The van der Waals surface area contributed by atoms with Crippen molar-refractivity contribution in [3.8, 4) is 0 Å². The van der Waals surface area contributed by atoms with E-state index in [9.17, 15) is 0 Å². The third kappa shape index (κ3) is 2.42. The quantitative estimate of drug-likeness (QED) is 0.482. The summed E-state index contributed by atoms with van der Waals surface area (Å²) in [4.78, 5) is 4.73. The smallest absolute Gasteiger partial charge is 0.0527 e. The second-order valence-electron chi connectivity index (χ2n) is 6.27. The molecule has 0 heterocycles. The van der Waals surface area contributed by atoms with Crippen molar-refractivity contribution < 1.29 is 0 Å². The van der Waals surface area contributed by atoms with Crippen LogP contribution in [-0.4, -0.2) is 27.2 Å². The lowest BCUT2D eigenvalue weighted by molar-refractivity contribution is 0.972. The maximum absolute atomic E-state index is 2.37. The number of nitrogens with zero attached hydrogens (tertiary/aromatic N) is 2. The molecule has 23 heavy (non-hydrogen) atoms. The number of rotatable bonds is 4. The molecule has 2 nitrogen and oxygen atoms in total. The maximum atomic E-state index is 2.37. The lowest BCUT2D eigenvalue weighted by atomic mass is 9.94. The van der Waals surface area contributed by atoms with Crippen molar-refractivity contribution in [2.75, 3.05) is 37.0 Å². The first-order valence-corrected chi connectivity index (χ1v) is 8.46. The van der Waals surface area contributed by atoms with E-state index in [0.717, 1.165) is 13.1 Å². The second-order valence-corrected chi connectivity index (χ2v) is 6.27. The van der Waals surface area contributed by atoms with Crippen molar-refractivity contribution in [2.24, 2.45) is 0 Å². The largest absolute Gasteiger partial charge is 0.374 e. The Morgan fingerprint density at radius 3 is 1.83 bits per heavy atom. The van der Waals surface area contributed by atoms with Gasteiger partial charge < -0.3 is 9.80 Å². The Bertz CT molecular complexity index is 851. The highest BCUT2D eigenvalue weighted by Crippen LogP contribution is 2.43. The third-order valence-electron chi connectivity index (χ3n) is 4.91. The molecule has 0 saturated heterocycles. The van der Waals surface area contributed by atoms with Gasteiger partial charge in [-0.2, -0.15) is 0 Å². The summed E-state index contributed by atoms with van der Waals surface area (Å²) in [5, 5.41) is 5.41. The van der Waals surface area contributed by atoms with E-state index in [-0.39, 0.29) is 0 Å². The minimum atomic E-state index is 0.996. The summed E-state index contributed by atoms with van der Waals surface area (Å²) in [7, 11) is 4.38. The van der Waals surface area contributed by atoms with Crippen LogP contribution < -0.4 is 9.80 Å². The Morgan fingerprint density at radius 1 is 0.696 bits per heavy atom. The van der Waals surface area contributed by atoms with Gasteiger partial charge in [0, 0.05) is 48.7 Å². The molecule has 3 aromatic rings. The maximum Gasteiger partial charge on any atom is 0.0527 e. The molecule has 3 rings (SSSR count). The van der Waals surface area contributed by atoms with E-state index < -0.39 is 0 Å². The Hall–Kier alpha value is -2.22. The van der Waals surface area contributed by atoms with Crippen molar-refractivity contribution >= 4 is 32.9 Å². The van der Waals surface area contributed by atoms with Crippen LogP contribution in [0.4, 0.5) is 11.4 Å². The van der Waals surface area contributed by atoms with Crippen molar-refractivity contribution in [1.82, 2.24) is 0 Å². The van der Waals surface area contributed by atoms with E-state index >= 15 is 0 Å². The molecule has 0 fully saturated rings. The molecule has 0 aromatic heterocycles. The topological polar surface area (TPSA) is 6.48 Å². The first-order chi connectivity index (χ1) is 11.1. The summed E-state index contributed by atoms with van der Waals surface area (Å²) in [5.74, 6) is 0. The van der Waals surface area contributed by atoms with Crippen molar-refractivity contribution in [3.63, 3.8) is 0 Å². The first kappa shape index (κ1) is 15.7. The molecule has 0 saturated carbocycles. The molecule has 120 valence electrons. The van der Waals surface area contributed by atoms with Gasteiger partial charge in [0.25, 0.3) is 0 Å². The Labute approximate surface area is 139 Å². The number of hydrogen-bond acceptors (Lipinski definition) is 2. The Balaban J connectivity index is 2.59. The Morgan fingerprint density at radius 2 is 1.22 bits per heavy atom. The van der Waals surface area contributed by atoms with Gasteiger partial charge in [-0.1, -0.05) is 42.5 Å². The predicted molar refractivity (Wildman–Crippen MR) is 104 cm³/mol. The van der Waals surface area contributed by atoms with Crippen LogP contribution in [0.5, 0.6) is 0 Å². The molecule has 0 radical (unpaired) electrons. The summed E-state index contributed by atoms with van der Waals surface area (Å²) < 4.78 is 0. The van der Waals surface area contributed by atoms with Gasteiger partial charge in [-0.15, -0.1) is 0 Å². The van der Waals surface area contributed by atoms with Gasteiger partial charge in [0.15, 0.2) is 0 Å². The first-order valence-electron chi connectivity index (χ1n) is 8.46. The fourth-order valence-electron chi connectivity index (χ4n) is 3.48. The summed E-state index contributed by atoms with van der Waals surface area (Å²) >= 11 is 0. The van der Waals surface area contributed by atoms with Crippen LogP contribution in [0.2, 0.25) is 0 Å². The lowest BCUT2D eigenvalue weighted by Gasteiger charge is -2.28. The number of fused-ring (bicyclic) bond motifs is 2. The summed E-state index contributed by atoms with van der Waals surface area (Å²) in [6.45, 7) is 8.64. The molecule has 0 atom stereocenters. The molecule has 3 aromatic carbocycles. The van der Waals surface area contributed by atoms with Crippen molar-refractivity contribution in [1.29, 1.82) is 0 Å². The van der Waals surface area contributed by atoms with E-state index in [1.807, 2.05) is 0 Å². The Kier molecular flexibility index (Phi) is 4.16. The zero-order valence-corrected chi connectivity index (χ0v) is 14.9. The molecular weight excluding hydrogens is 280 g/mol. The molecule has 0 aliphatic heterocycles. The number of anilines is 2. The van der Waals surface area contributed by atoms with E-state index in [2.05, 4.69) is 87.1 Å². The highest BCUT2D eigenvalue weighted by atomic mass is 15.1. The zero-order valence-electron chi connectivity index (χ0n) is 14.9. The second kappa shape index (κ2) is 6.11. The van der Waals surface area contributed by atoms with Crippen LogP contribution in [0.15, 0.2) is 42.5 Å². The van der Waals surface area contributed by atoms with Gasteiger partial charge in [-0.3, -0.25) is 0 Å². The van der Waals surface area contributed by atoms with Gasteiger partial charge in [0.1, 0.15) is 0 Å². The standard InChI is InChI=1S/C21H26N2/c1-6-22(4)20-16-12-8-9-13-17(16)21(23(5)7-2)19-15(3)11-10-14-18(19)20/h8-14H,6-7H2,1-5H3. The summed E-state index contributed by atoms with van der Waals surface area (Å²) in [5.41, 5.74) is 4.04. The predicted octanol–water partition coefficient (Wildman–Crippen LogP) is 5.21. The number of hydrogen-bond donors (Lipinski definition) is 0. The van der Waals surface area contributed by atoms with Gasteiger partial charge >= 0.3 is 0 Å². The van der Waals surface area contributed by atoms with Gasteiger partial charge in [0.05, 0.1) is 11.4 Å². The molecule has 0 amide bonds. The van der Waals surface area contributed by atoms with Crippen LogP contribution in [0.3, 0.4) is 0 Å². The normalized spacial score (nSPS) is 11.2. The molecule has 0 unspecified atom stereocenters. The highest BCUT2D eigenvalue weighted by molar-refractivity contribution is 6.20. The van der Waals surface area contributed by atoms with E-state index in [1.165, 1.54) is 38.5 Å². The van der Waals surface area contributed by atoms with Crippen LogP contribution in [0.1, 0.15) is 19.4 Å². The molecule has 0 N–H and O–H groups in total. The summed E-state index contributed by atoms with van der Waals surface area (Å²) in [6.07, 6.45) is 0. The van der Waals surface area contributed by atoms with E-state index in [4.69, 9.17) is 0 Å². The minimum absolute atomic E-state index is 0.996. The average Bonchev–Trinajstić information content (AvgIpc) is 2.58. The lowest BCUT2D eigenvalue weighted by Crippen LogP contribution is -2.20. The van der Waals surface area contributed by atoms with Crippen LogP contribution in [0, 0.1) is 6.92 Å². The molecule has 2 heteroatoms. The van der Waals surface area contributed by atoms with Crippen LogP contribution in [0.25, 0.3) is 21.5 Å². The fraction of sp³-hybridized carbons (Fsp3) is 0.333. The zero-order chi connectivity index (χ0) is 16.6. The van der Waals surface area contributed by atoms with E-state index in [0.29, 0.717) is 0 Å². The average molecular weight is 306 g/mol. The molecule has 0 aliphatic rings. The van der Waals surface area contributed by atoms with Gasteiger partial charge in [-0.25, -0.2) is 0 Å². The summed E-state index contributed by atoms with van der Waals surface area (Å²) in [6, 6.07) is 15.5. The third-order valence-corrected chi connectivity index (χ3v) is 4.91. The van der Waals surface area contributed by atoms with Crippen LogP contribution >= 0.6 is 0 Å². The van der Waals surface area contributed by atoms with Gasteiger partial charge in [-0.05, 0) is 26.3 Å². The van der Waals surface area contributed by atoms with Crippen LogP contribution in [-0.2, 0) is 0 Å². The van der Waals surface area contributed by atoms with Crippen molar-refractivity contribution in [2.45, 2.75) is 20.8 Å². The SMILES string of the molecule is CCN(C)c1c2ccccc2c(N(C)CC)c2c(C)cccc12. The molecule has 0 bridgehead atoms. The molecule has 0 aliphatic carbocycles. The molecular formula is C21H26N2. The van der Waals surface area contributed by atoms with E-state index in [1.54, 1.807) is 0 Å². The number of benzene rings is 3. The van der Waals surface area contributed by atoms with Crippen molar-refractivity contribution in [3.05, 3.63) is 48.0 Å². The molecule has 0 spiro atoms. The highest BCUT2D eigenvalue weighted by Gasteiger charge is 2.18. The van der Waals surface area contributed by atoms with Gasteiger partial charge in [0.2, 0.25) is 0 Å².